The minimum atomic E-state index is -1.46. The second kappa shape index (κ2) is 16.3. The monoisotopic (exact) mass is 378 g/mol. The molecule has 3 heteroatoms. The number of rotatable bonds is 17. The van der Waals surface area contributed by atoms with Crippen molar-refractivity contribution in [3.63, 3.8) is 0 Å². The molecule has 0 atom stereocenters. The van der Waals surface area contributed by atoms with E-state index in [9.17, 15) is 10.2 Å². The van der Waals surface area contributed by atoms with Crippen molar-refractivity contribution in [3.05, 3.63) is 0 Å². The molecule has 0 aromatic carbocycles. The van der Waals surface area contributed by atoms with Gasteiger partial charge in [-0.25, -0.2) is 0 Å². The average Bonchev–Trinajstić information content (AvgIpc) is 2.47. The molecule has 0 fully saturated rings. The molecule has 0 bridgehead atoms. The summed E-state index contributed by atoms with van der Waals surface area (Å²) >= 11 is 3.25. The minimum Gasteiger partial charge on any atom is -0.366 e. The number of halogens is 1. The molecule has 0 rings (SSSR count). The number of alkyl halides is 1. The Labute approximate surface area is 147 Å². The lowest BCUT2D eigenvalue weighted by molar-refractivity contribution is -0.166. The van der Waals surface area contributed by atoms with E-state index in [0.29, 0.717) is 18.2 Å². The van der Waals surface area contributed by atoms with Crippen molar-refractivity contribution in [1.82, 2.24) is 0 Å². The molecule has 0 unspecified atom stereocenters. The maximum Gasteiger partial charge on any atom is 0.163 e. The van der Waals surface area contributed by atoms with Gasteiger partial charge in [0.15, 0.2) is 5.79 Å². The van der Waals surface area contributed by atoms with E-state index in [1.807, 2.05) is 0 Å². The van der Waals surface area contributed by atoms with E-state index in [4.69, 9.17) is 0 Å². The third-order valence-corrected chi connectivity index (χ3v) is 4.82. The summed E-state index contributed by atoms with van der Waals surface area (Å²) in [5.74, 6) is -1.46. The van der Waals surface area contributed by atoms with Crippen LogP contribution in [0.5, 0.6) is 0 Å². The summed E-state index contributed by atoms with van der Waals surface area (Å²) in [6.45, 7) is 2.27. The zero-order valence-corrected chi connectivity index (χ0v) is 16.4. The van der Waals surface area contributed by atoms with E-state index >= 15 is 0 Å². The Morgan fingerprint density at radius 2 is 0.955 bits per heavy atom. The molecule has 0 saturated heterocycles. The Morgan fingerprint density at radius 1 is 0.591 bits per heavy atom. The molecule has 0 heterocycles. The SMILES string of the molecule is CCCCCCCCCCCCCCCCC(O)(O)CCBr. The highest BCUT2D eigenvalue weighted by atomic mass is 79.9. The molecule has 2 N–H and O–H groups in total. The van der Waals surface area contributed by atoms with E-state index in [0.717, 1.165) is 12.8 Å². The summed E-state index contributed by atoms with van der Waals surface area (Å²) in [5.41, 5.74) is 0. The van der Waals surface area contributed by atoms with E-state index in [2.05, 4.69) is 22.9 Å². The first kappa shape index (κ1) is 22.4. The fourth-order valence-corrected chi connectivity index (χ4v) is 3.51. The van der Waals surface area contributed by atoms with E-state index in [1.54, 1.807) is 0 Å². The Kier molecular flexibility index (Phi) is 16.6. The molecule has 0 aliphatic rings. The minimum absolute atomic E-state index is 0.422. The summed E-state index contributed by atoms with van der Waals surface area (Å²) in [6, 6.07) is 0. The van der Waals surface area contributed by atoms with Crippen molar-refractivity contribution < 1.29 is 10.2 Å². The van der Waals surface area contributed by atoms with Crippen molar-refractivity contribution >= 4 is 15.9 Å². The fraction of sp³-hybridized carbons (Fsp3) is 1.00. The second-order valence-corrected chi connectivity index (χ2v) is 7.56. The van der Waals surface area contributed by atoms with E-state index in [-0.39, 0.29) is 0 Å². The lowest BCUT2D eigenvalue weighted by Gasteiger charge is -2.20. The van der Waals surface area contributed by atoms with Crippen molar-refractivity contribution in [2.45, 2.75) is 115 Å². The Bertz CT molecular complexity index is 219. The zero-order chi connectivity index (χ0) is 16.5. The molecular formula is C19H39BrO2. The smallest absolute Gasteiger partial charge is 0.163 e. The molecule has 0 aliphatic carbocycles. The molecule has 0 spiro atoms. The number of hydrogen-bond acceptors (Lipinski definition) is 2. The first-order valence-corrected chi connectivity index (χ1v) is 10.8. The molecule has 134 valence electrons. The van der Waals surface area contributed by atoms with Crippen molar-refractivity contribution in [3.8, 4) is 0 Å². The van der Waals surface area contributed by atoms with Crippen LogP contribution in [0.15, 0.2) is 0 Å². The molecule has 0 amide bonds. The lowest BCUT2D eigenvalue weighted by Crippen LogP contribution is -2.28. The van der Waals surface area contributed by atoms with Crippen LogP contribution < -0.4 is 0 Å². The molecule has 22 heavy (non-hydrogen) atoms. The molecular weight excluding hydrogens is 340 g/mol. The summed E-state index contributed by atoms with van der Waals surface area (Å²) < 4.78 is 0. The topological polar surface area (TPSA) is 40.5 Å². The third-order valence-electron chi connectivity index (χ3n) is 4.43. The van der Waals surface area contributed by atoms with Gasteiger partial charge in [-0.05, 0) is 6.42 Å². The van der Waals surface area contributed by atoms with Gasteiger partial charge in [-0.1, -0.05) is 106 Å². The van der Waals surface area contributed by atoms with Gasteiger partial charge < -0.3 is 10.2 Å². The summed E-state index contributed by atoms with van der Waals surface area (Å²) in [6.07, 6.45) is 19.5. The first-order valence-electron chi connectivity index (χ1n) is 9.63. The number of unbranched alkanes of at least 4 members (excludes halogenated alkanes) is 13. The van der Waals surface area contributed by atoms with Crippen LogP contribution in [-0.2, 0) is 0 Å². The second-order valence-electron chi connectivity index (χ2n) is 6.77. The van der Waals surface area contributed by atoms with E-state index in [1.165, 1.54) is 77.0 Å². The highest BCUT2D eigenvalue weighted by Crippen LogP contribution is 2.18. The van der Waals surface area contributed by atoms with Crippen molar-refractivity contribution in [1.29, 1.82) is 0 Å². The maximum atomic E-state index is 9.63. The van der Waals surface area contributed by atoms with Crippen molar-refractivity contribution in [2.24, 2.45) is 0 Å². The van der Waals surface area contributed by atoms with Crippen LogP contribution in [0.3, 0.4) is 0 Å². The summed E-state index contributed by atoms with van der Waals surface area (Å²) in [5, 5.41) is 19.9. The van der Waals surface area contributed by atoms with Gasteiger partial charge in [-0.15, -0.1) is 0 Å². The zero-order valence-electron chi connectivity index (χ0n) is 14.8. The third kappa shape index (κ3) is 16.8. The van der Waals surface area contributed by atoms with Gasteiger partial charge in [-0.2, -0.15) is 0 Å². The number of aliphatic hydroxyl groups is 2. The van der Waals surface area contributed by atoms with Crippen LogP contribution in [0.25, 0.3) is 0 Å². The van der Waals surface area contributed by atoms with Crippen LogP contribution in [0.2, 0.25) is 0 Å². The summed E-state index contributed by atoms with van der Waals surface area (Å²) in [7, 11) is 0. The van der Waals surface area contributed by atoms with Gasteiger partial charge in [-0.3, -0.25) is 0 Å². The largest absolute Gasteiger partial charge is 0.366 e. The molecule has 0 aromatic rings. The quantitative estimate of drug-likeness (QED) is 0.176. The van der Waals surface area contributed by atoms with E-state index < -0.39 is 5.79 Å². The Morgan fingerprint density at radius 3 is 1.32 bits per heavy atom. The maximum absolute atomic E-state index is 9.63. The van der Waals surface area contributed by atoms with Crippen LogP contribution in [-0.4, -0.2) is 21.3 Å². The number of hydrogen-bond donors (Lipinski definition) is 2. The Balaban J connectivity index is 3.11. The Hall–Kier alpha value is 0.400. The van der Waals surface area contributed by atoms with Gasteiger partial charge in [0.2, 0.25) is 0 Å². The van der Waals surface area contributed by atoms with Crippen LogP contribution in [0, 0.1) is 0 Å². The van der Waals surface area contributed by atoms with Crippen LogP contribution in [0.4, 0.5) is 0 Å². The van der Waals surface area contributed by atoms with Gasteiger partial charge in [0.1, 0.15) is 0 Å². The van der Waals surface area contributed by atoms with Crippen LogP contribution >= 0.6 is 15.9 Å². The molecule has 0 aromatic heterocycles. The predicted octanol–water partition coefficient (Wildman–Crippen LogP) is 6.32. The predicted molar refractivity (Wildman–Crippen MR) is 101 cm³/mol. The molecule has 0 aliphatic heterocycles. The highest BCUT2D eigenvalue weighted by molar-refractivity contribution is 9.09. The lowest BCUT2D eigenvalue weighted by atomic mass is 10.0. The molecule has 0 saturated carbocycles. The fourth-order valence-electron chi connectivity index (χ4n) is 2.88. The molecule has 0 radical (unpaired) electrons. The van der Waals surface area contributed by atoms with Gasteiger partial charge in [0, 0.05) is 18.2 Å². The average molecular weight is 379 g/mol. The van der Waals surface area contributed by atoms with Gasteiger partial charge in [0.05, 0.1) is 0 Å². The standard InChI is InChI=1S/C19H39BrO2/c1-2-3-4-5-6-7-8-9-10-11-12-13-14-15-16-19(21,22)17-18-20/h21-22H,2-18H2,1H3. The van der Waals surface area contributed by atoms with Gasteiger partial charge in [0.25, 0.3) is 0 Å². The van der Waals surface area contributed by atoms with Gasteiger partial charge >= 0.3 is 0 Å². The van der Waals surface area contributed by atoms with Crippen LogP contribution in [0.1, 0.15) is 110 Å². The highest BCUT2D eigenvalue weighted by Gasteiger charge is 2.20. The summed E-state index contributed by atoms with van der Waals surface area (Å²) in [4.78, 5) is 0. The first-order chi connectivity index (χ1) is 10.6. The van der Waals surface area contributed by atoms with Crippen molar-refractivity contribution in [2.75, 3.05) is 5.33 Å². The molecule has 2 nitrogen and oxygen atoms in total. The normalized spacial score (nSPS) is 12.0.